The number of nitrogens with one attached hydrogen (secondary N) is 1. The maximum atomic E-state index is 12.2. The zero-order valence-electron chi connectivity index (χ0n) is 16.6. The molecule has 3 heterocycles. The number of amides is 1. The van der Waals surface area contributed by atoms with Crippen LogP contribution < -0.4 is 5.32 Å². The molecule has 4 rings (SSSR count). The molecule has 1 aromatic heterocycles. The largest absolute Gasteiger partial charge is 0.370 e. The van der Waals surface area contributed by atoms with E-state index < -0.39 is 5.41 Å². The van der Waals surface area contributed by atoms with Crippen molar-refractivity contribution in [2.75, 3.05) is 11.9 Å². The Balaban J connectivity index is 1.59. The Labute approximate surface area is 168 Å². The normalized spacial score (nSPS) is 21.9. The summed E-state index contributed by atoms with van der Waals surface area (Å²) in [6.07, 6.45) is 1.95. The highest BCUT2D eigenvalue weighted by Gasteiger charge is 2.30. The van der Waals surface area contributed by atoms with Gasteiger partial charge in [-0.1, -0.05) is 44.7 Å². The standard InChI is InChI=1S/C20H25N5O2S/c1-12-16(13-7-9-14(10-8-13)21-18(26)20(2,3)4)24-25-17(15-6-5-11-27-15)22-23-19(25)28-12/h7-10,12,15H,5-6,11H2,1-4H3,(H,21,26)/t12-,15-/m1/s1. The van der Waals surface area contributed by atoms with E-state index in [9.17, 15) is 4.79 Å². The van der Waals surface area contributed by atoms with Gasteiger partial charge in [0.25, 0.3) is 0 Å². The number of nitrogens with zero attached hydrogens (tertiary/aromatic N) is 4. The summed E-state index contributed by atoms with van der Waals surface area (Å²) in [4.78, 5) is 12.2. The molecule has 1 saturated heterocycles. The lowest BCUT2D eigenvalue weighted by molar-refractivity contribution is -0.123. The minimum absolute atomic E-state index is 0.00508. The predicted octanol–water partition coefficient (Wildman–Crippen LogP) is 3.86. The van der Waals surface area contributed by atoms with Crippen molar-refractivity contribution >= 4 is 29.1 Å². The van der Waals surface area contributed by atoms with Crippen molar-refractivity contribution in [2.24, 2.45) is 10.5 Å². The van der Waals surface area contributed by atoms with E-state index in [0.717, 1.165) is 47.4 Å². The lowest BCUT2D eigenvalue weighted by atomic mass is 9.95. The highest BCUT2D eigenvalue weighted by Crippen LogP contribution is 2.34. The molecule has 0 radical (unpaired) electrons. The van der Waals surface area contributed by atoms with Crippen molar-refractivity contribution in [1.29, 1.82) is 0 Å². The third-order valence-corrected chi connectivity index (χ3v) is 5.89. The van der Waals surface area contributed by atoms with Gasteiger partial charge in [-0.25, -0.2) is 0 Å². The summed E-state index contributed by atoms with van der Waals surface area (Å²) in [7, 11) is 0. The zero-order chi connectivity index (χ0) is 19.9. The lowest BCUT2D eigenvalue weighted by Crippen LogP contribution is -2.27. The topological polar surface area (TPSA) is 81.4 Å². The summed E-state index contributed by atoms with van der Waals surface area (Å²) in [5.41, 5.74) is 2.34. The molecule has 2 aliphatic rings. The summed E-state index contributed by atoms with van der Waals surface area (Å²) >= 11 is 1.65. The van der Waals surface area contributed by atoms with Crippen LogP contribution in [0.2, 0.25) is 0 Å². The molecule has 1 fully saturated rings. The van der Waals surface area contributed by atoms with Gasteiger partial charge < -0.3 is 10.1 Å². The SMILES string of the molecule is C[C@H]1Sc2nnc([C@H]3CCCO3)n2N=C1c1ccc(NC(=O)C(C)(C)C)cc1. The molecule has 2 aliphatic heterocycles. The molecule has 7 nitrogen and oxygen atoms in total. The Hall–Kier alpha value is -2.19. The quantitative estimate of drug-likeness (QED) is 0.847. The first-order chi connectivity index (χ1) is 13.3. The van der Waals surface area contributed by atoms with Gasteiger partial charge >= 0.3 is 0 Å². The first-order valence-corrected chi connectivity index (χ1v) is 10.5. The monoisotopic (exact) mass is 399 g/mol. The molecule has 0 aliphatic carbocycles. The van der Waals surface area contributed by atoms with Gasteiger partial charge in [0.05, 0.1) is 11.0 Å². The van der Waals surface area contributed by atoms with Crippen molar-refractivity contribution in [1.82, 2.24) is 14.9 Å². The number of anilines is 1. The molecule has 0 unspecified atom stereocenters. The molecule has 0 saturated carbocycles. The number of ether oxygens (including phenoxy) is 1. The molecule has 8 heteroatoms. The average molecular weight is 400 g/mol. The smallest absolute Gasteiger partial charge is 0.229 e. The molecule has 2 atom stereocenters. The molecule has 0 spiro atoms. The molecule has 1 N–H and O–H groups in total. The predicted molar refractivity (Wildman–Crippen MR) is 110 cm³/mol. The second kappa shape index (κ2) is 7.33. The van der Waals surface area contributed by atoms with Crippen LogP contribution in [0.5, 0.6) is 0 Å². The van der Waals surface area contributed by atoms with Crippen LogP contribution in [0.15, 0.2) is 34.5 Å². The van der Waals surface area contributed by atoms with Crippen molar-refractivity contribution < 1.29 is 9.53 Å². The first-order valence-electron chi connectivity index (χ1n) is 9.57. The molecule has 0 bridgehead atoms. The van der Waals surface area contributed by atoms with Gasteiger partial charge in [-0.2, -0.15) is 9.78 Å². The van der Waals surface area contributed by atoms with Crippen LogP contribution in [0, 0.1) is 5.41 Å². The number of thioether (sulfide) groups is 1. The Morgan fingerprint density at radius 1 is 1.25 bits per heavy atom. The van der Waals surface area contributed by atoms with Crippen LogP contribution in [0.1, 0.15) is 58.0 Å². The highest BCUT2D eigenvalue weighted by atomic mass is 32.2. The minimum atomic E-state index is -0.430. The molecule has 28 heavy (non-hydrogen) atoms. The number of benzene rings is 1. The number of rotatable bonds is 3. The minimum Gasteiger partial charge on any atom is -0.370 e. The van der Waals surface area contributed by atoms with Crippen molar-refractivity contribution in [3.63, 3.8) is 0 Å². The Kier molecular flexibility index (Phi) is 5.01. The fourth-order valence-corrected chi connectivity index (χ4v) is 4.10. The average Bonchev–Trinajstić information content (AvgIpc) is 3.30. The van der Waals surface area contributed by atoms with Gasteiger partial charge in [-0.3, -0.25) is 4.79 Å². The van der Waals surface area contributed by atoms with E-state index in [-0.39, 0.29) is 17.3 Å². The van der Waals surface area contributed by atoms with Crippen LogP contribution in [-0.4, -0.2) is 38.3 Å². The molecule has 1 amide bonds. The highest BCUT2D eigenvalue weighted by molar-refractivity contribution is 8.00. The fraction of sp³-hybridized carbons (Fsp3) is 0.500. The van der Waals surface area contributed by atoms with Crippen LogP contribution in [0.25, 0.3) is 0 Å². The van der Waals surface area contributed by atoms with Crippen molar-refractivity contribution in [3.05, 3.63) is 35.7 Å². The number of fused-ring (bicyclic) bond motifs is 1. The third kappa shape index (κ3) is 3.71. The van der Waals surface area contributed by atoms with E-state index in [0.29, 0.717) is 0 Å². The summed E-state index contributed by atoms with van der Waals surface area (Å²) in [5, 5.41) is 17.4. The van der Waals surface area contributed by atoms with Gasteiger partial charge in [-0.15, -0.1) is 10.2 Å². The van der Waals surface area contributed by atoms with E-state index in [1.165, 1.54) is 0 Å². The van der Waals surface area contributed by atoms with Crippen LogP contribution in [0.3, 0.4) is 0 Å². The van der Waals surface area contributed by atoms with E-state index in [2.05, 4.69) is 22.4 Å². The maximum absolute atomic E-state index is 12.2. The Morgan fingerprint density at radius 3 is 2.64 bits per heavy atom. The number of carbonyl (C=O) groups excluding carboxylic acids is 1. The second-order valence-corrected chi connectivity index (χ2v) is 9.49. The van der Waals surface area contributed by atoms with E-state index in [1.54, 1.807) is 11.8 Å². The van der Waals surface area contributed by atoms with Gasteiger partial charge in [0.2, 0.25) is 11.1 Å². The zero-order valence-corrected chi connectivity index (χ0v) is 17.4. The molecular weight excluding hydrogens is 374 g/mol. The van der Waals surface area contributed by atoms with Gasteiger partial charge in [0.1, 0.15) is 6.10 Å². The number of hydrogen-bond donors (Lipinski definition) is 1. The molecule has 148 valence electrons. The van der Waals surface area contributed by atoms with E-state index in [4.69, 9.17) is 9.84 Å². The van der Waals surface area contributed by atoms with Crippen LogP contribution >= 0.6 is 11.8 Å². The van der Waals surface area contributed by atoms with Crippen LogP contribution in [-0.2, 0) is 9.53 Å². The number of carbonyl (C=O) groups is 1. The van der Waals surface area contributed by atoms with E-state index >= 15 is 0 Å². The van der Waals surface area contributed by atoms with Crippen molar-refractivity contribution in [2.45, 2.75) is 57.0 Å². The summed E-state index contributed by atoms with van der Waals surface area (Å²) in [6, 6.07) is 7.83. The summed E-state index contributed by atoms with van der Waals surface area (Å²) in [5.74, 6) is 0.771. The summed E-state index contributed by atoms with van der Waals surface area (Å²) in [6.45, 7) is 8.57. The van der Waals surface area contributed by atoms with Gasteiger partial charge in [0, 0.05) is 17.7 Å². The third-order valence-electron chi connectivity index (χ3n) is 4.85. The lowest BCUT2D eigenvalue weighted by Gasteiger charge is -2.21. The number of hydrogen-bond acceptors (Lipinski definition) is 6. The summed E-state index contributed by atoms with van der Waals surface area (Å²) < 4.78 is 7.59. The fourth-order valence-electron chi connectivity index (χ4n) is 3.16. The van der Waals surface area contributed by atoms with Gasteiger partial charge in [-0.05, 0) is 37.5 Å². The number of aromatic nitrogens is 3. The second-order valence-electron chi connectivity index (χ2n) is 8.18. The van der Waals surface area contributed by atoms with E-state index in [1.807, 2.05) is 49.7 Å². The van der Waals surface area contributed by atoms with Crippen LogP contribution in [0.4, 0.5) is 5.69 Å². The molecular formula is C20H25N5O2S. The molecule has 1 aromatic carbocycles. The Bertz CT molecular complexity index is 908. The molecule has 2 aromatic rings. The first kappa shape index (κ1) is 19.1. The Morgan fingerprint density at radius 2 is 2.00 bits per heavy atom. The van der Waals surface area contributed by atoms with Crippen molar-refractivity contribution in [3.8, 4) is 0 Å². The maximum Gasteiger partial charge on any atom is 0.229 e. The van der Waals surface area contributed by atoms with Gasteiger partial charge in [0.15, 0.2) is 5.82 Å².